The molecule has 1 aliphatic rings. The van der Waals surface area contributed by atoms with Crippen LogP contribution in [0.25, 0.3) is 0 Å². The summed E-state index contributed by atoms with van der Waals surface area (Å²) < 4.78 is 5.03. The Labute approximate surface area is 181 Å². The fraction of sp³-hybridized carbons (Fsp3) is 0.545. The van der Waals surface area contributed by atoms with Crippen LogP contribution in [-0.4, -0.2) is 47.3 Å². The highest BCUT2D eigenvalue weighted by Gasteiger charge is 2.35. The van der Waals surface area contributed by atoms with Crippen molar-refractivity contribution in [2.24, 2.45) is 5.92 Å². The topological polar surface area (TPSA) is 92.8 Å². The van der Waals surface area contributed by atoms with Gasteiger partial charge in [-0.1, -0.05) is 50.2 Å². The molecule has 0 fully saturated rings. The van der Waals surface area contributed by atoms with Gasteiger partial charge in [-0.25, -0.2) is 0 Å². The van der Waals surface area contributed by atoms with Gasteiger partial charge in [-0.05, 0) is 37.3 Å². The fourth-order valence-corrected chi connectivity index (χ4v) is 4.38. The molecule has 2 amide bonds. The average Bonchev–Trinajstić information content (AvgIpc) is 2.83. The van der Waals surface area contributed by atoms with E-state index in [-0.39, 0.29) is 36.0 Å². The molecule has 2 rings (SSSR count). The predicted octanol–water partition coefficient (Wildman–Crippen LogP) is 2.71. The Kier molecular flexibility index (Phi) is 8.89. The molecular formula is C22H30N2O5S. The maximum atomic E-state index is 13.3. The highest BCUT2D eigenvalue weighted by Crippen LogP contribution is 2.28. The molecular weight excluding hydrogens is 404 g/mol. The number of hydrogen-bond donors (Lipinski definition) is 1. The van der Waals surface area contributed by atoms with Crippen molar-refractivity contribution < 1.29 is 23.9 Å². The Hall–Kier alpha value is -2.35. The lowest BCUT2D eigenvalue weighted by atomic mass is 10.0. The summed E-state index contributed by atoms with van der Waals surface area (Å²) in [7, 11) is 0. The number of esters is 1. The molecule has 0 saturated heterocycles. The molecule has 7 nitrogen and oxygen atoms in total. The maximum Gasteiger partial charge on any atom is 0.326 e. The van der Waals surface area contributed by atoms with Crippen molar-refractivity contribution in [1.82, 2.24) is 5.32 Å². The van der Waals surface area contributed by atoms with Gasteiger partial charge in [-0.3, -0.25) is 24.1 Å². The smallest absolute Gasteiger partial charge is 0.326 e. The zero-order valence-electron chi connectivity index (χ0n) is 18.0. The Morgan fingerprint density at radius 1 is 1.27 bits per heavy atom. The molecule has 0 aromatic heterocycles. The Balaban J connectivity index is 2.26. The van der Waals surface area contributed by atoms with Crippen molar-refractivity contribution in [3.8, 4) is 0 Å². The molecule has 8 heteroatoms. The summed E-state index contributed by atoms with van der Waals surface area (Å²) in [5.41, 5.74) is 1.59. The SMILES string of the molecule is CCOC(=O)CN1C(=O)[C@@H](NC(=O)[C@@H](SC(C)=O)[C@@H](C)CC)CCc2ccccc21. The van der Waals surface area contributed by atoms with E-state index in [1.165, 1.54) is 11.8 Å². The van der Waals surface area contributed by atoms with E-state index in [2.05, 4.69) is 5.32 Å². The van der Waals surface area contributed by atoms with Gasteiger partial charge in [0.15, 0.2) is 5.12 Å². The Morgan fingerprint density at radius 3 is 2.60 bits per heavy atom. The van der Waals surface area contributed by atoms with Crippen molar-refractivity contribution in [3.63, 3.8) is 0 Å². The molecule has 1 aromatic carbocycles. The lowest BCUT2D eigenvalue weighted by Gasteiger charge is -2.27. The van der Waals surface area contributed by atoms with Crippen LogP contribution < -0.4 is 10.2 Å². The van der Waals surface area contributed by atoms with Gasteiger partial charge in [0, 0.05) is 12.6 Å². The first-order chi connectivity index (χ1) is 14.3. The second kappa shape index (κ2) is 11.2. The number of nitrogens with one attached hydrogen (secondary N) is 1. The Morgan fingerprint density at radius 2 is 1.97 bits per heavy atom. The second-order valence-corrected chi connectivity index (χ2v) is 8.69. The van der Waals surface area contributed by atoms with Gasteiger partial charge < -0.3 is 10.1 Å². The van der Waals surface area contributed by atoms with E-state index in [0.29, 0.717) is 18.5 Å². The van der Waals surface area contributed by atoms with E-state index >= 15 is 0 Å². The minimum absolute atomic E-state index is 0.0207. The molecule has 0 radical (unpaired) electrons. The second-order valence-electron chi connectivity index (χ2n) is 7.37. The third-order valence-corrected chi connectivity index (χ3v) is 6.43. The van der Waals surface area contributed by atoms with E-state index < -0.39 is 17.3 Å². The van der Waals surface area contributed by atoms with Crippen LogP contribution in [0.2, 0.25) is 0 Å². The third kappa shape index (κ3) is 6.08. The van der Waals surface area contributed by atoms with Gasteiger partial charge in [-0.2, -0.15) is 0 Å². The first-order valence-electron chi connectivity index (χ1n) is 10.3. The van der Waals surface area contributed by atoms with E-state index in [0.717, 1.165) is 23.7 Å². The lowest BCUT2D eigenvalue weighted by molar-refractivity contribution is -0.142. The maximum absolute atomic E-state index is 13.3. The van der Waals surface area contributed by atoms with Crippen molar-refractivity contribution in [3.05, 3.63) is 29.8 Å². The van der Waals surface area contributed by atoms with Gasteiger partial charge in [-0.15, -0.1) is 0 Å². The number of para-hydroxylation sites is 1. The van der Waals surface area contributed by atoms with Gasteiger partial charge in [0.1, 0.15) is 12.6 Å². The van der Waals surface area contributed by atoms with Crippen LogP contribution in [0.3, 0.4) is 0 Å². The van der Waals surface area contributed by atoms with Crippen molar-refractivity contribution in [2.75, 3.05) is 18.1 Å². The van der Waals surface area contributed by atoms with Gasteiger partial charge in [0.25, 0.3) is 0 Å². The number of anilines is 1. The molecule has 30 heavy (non-hydrogen) atoms. The number of ether oxygens (including phenoxy) is 1. The summed E-state index contributed by atoms with van der Waals surface area (Å²) in [4.78, 5) is 51.4. The molecule has 0 spiro atoms. The Bertz CT molecular complexity index is 797. The average molecular weight is 435 g/mol. The summed E-state index contributed by atoms with van der Waals surface area (Å²) >= 11 is 0.991. The number of aryl methyl sites for hydroxylation is 1. The molecule has 0 unspecified atom stereocenters. The number of fused-ring (bicyclic) bond motifs is 1. The normalized spacial score (nSPS) is 18.1. The monoisotopic (exact) mass is 434 g/mol. The van der Waals surface area contributed by atoms with Crippen LogP contribution >= 0.6 is 11.8 Å². The number of nitrogens with zero attached hydrogens (tertiary/aromatic N) is 1. The van der Waals surface area contributed by atoms with Crippen molar-refractivity contribution in [1.29, 1.82) is 0 Å². The molecule has 164 valence electrons. The first-order valence-corrected chi connectivity index (χ1v) is 11.2. The van der Waals surface area contributed by atoms with Crippen LogP contribution in [0.4, 0.5) is 5.69 Å². The standard InChI is InChI=1S/C22H30N2O5S/c1-5-14(3)20(30-15(4)25)21(27)23-17-12-11-16-9-7-8-10-18(16)24(22(17)28)13-19(26)29-6-2/h7-10,14,17,20H,5-6,11-13H2,1-4H3,(H,23,27)/t14-,17-,20-/m0/s1. The number of thioether (sulfide) groups is 1. The molecule has 1 aliphatic heterocycles. The van der Waals surface area contributed by atoms with Crippen LogP contribution in [0.1, 0.15) is 46.1 Å². The summed E-state index contributed by atoms with van der Waals surface area (Å²) in [5, 5.41) is 2.14. The van der Waals surface area contributed by atoms with E-state index in [4.69, 9.17) is 4.74 Å². The molecule has 0 bridgehead atoms. The highest BCUT2D eigenvalue weighted by molar-refractivity contribution is 8.14. The third-order valence-electron chi connectivity index (χ3n) is 5.17. The van der Waals surface area contributed by atoms with Crippen molar-refractivity contribution in [2.45, 2.75) is 58.2 Å². The number of amides is 2. The summed E-state index contributed by atoms with van der Waals surface area (Å²) in [6.45, 7) is 7.02. The number of benzene rings is 1. The summed E-state index contributed by atoms with van der Waals surface area (Å²) in [6, 6.07) is 6.63. The predicted molar refractivity (Wildman–Crippen MR) is 117 cm³/mol. The molecule has 3 atom stereocenters. The van der Waals surface area contributed by atoms with Gasteiger partial charge >= 0.3 is 5.97 Å². The molecule has 0 aliphatic carbocycles. The number of carbonyl (C=O) groups is 4. The van der Waals surface area contributed by atoms with Crippen LogP contribution in [0.15, 0.2) is 24.3 Å². The summed E-state index contributed by atoms with van der Waals surface area (Å²) in [6.07, 6.45) is 1.73. The van der Waals surface area contributed by atoms with Crippen LogP contribution in [-0.2, 0) is 30.3 Å². The highest BCUT2D eigenvalue weighted by atomic mass is 32.2. The lowest BCUT2D eigenvalue weighted by Crippen LogP contribution is -2.52. The zero-order chi connectivity index (χ0) is 22.3. The molecule has 0 saturated carbocycles. The zero-order valence-corrected chi connectivity index (χ0v) is 18.8. The van der Waals surface area contributed by atoms with Gasteiger partial charge in [0.2, 0.25) is 11.8 Å². The number of carbonyl (C=O) groups excluding carboxylic acids is 4. The quantitative estimate of drug-likeness (QED) is 0.633. The minimum Gasteiger partial charge on any atom is -0.465 e. The van der Waals surface area contributed by atoms with Crippen LogP contribution in [0, 0.1) is 5.92 Å². The largest absolute Gasteiger partial charge is 0.465 e. The number of hydrogen-bond acceptors (Lipinski definition) is 6. The molecule has 1 heterocycles. The van der Waals surface area contributed by atoms with E-state index in [1.807, 2.05) is 32.0 Å². The van der Waals surface area contributed by atoms with E-state index in [9.17, 15) is 19.2 Å². The molecule has 1 N–H and O–H groups in total. The summed E-state index contributed by atoms with van der Waals surface area (Å²) in [5.74, 6) is -1.20. The number of rotatable bonds is 8. The first kappa shape index (κ1) is 23.9. The fourth-order valence-electron chi connectivity index (χ4n) is 3.42. The van der Waals surface area contributed by atoms with E-state index in [1.54, 1.807) is 13.0 Å². The minimum atomic E-state index is -0.779. The van der Waals surface area contributed by atoms with Crippen molar-refractivity contribution >= 4 is 40.3 Å². The van der Waals surface area contributed by atoms with Crippen LogP contribution in [0.5, 0.6) is 0 Å². The van der Waals surface area contributed by atoms with Gasteiger partial charge in [0.05, 0.1) is 11.9 Å². The molecule has 1 aromatic rings.